The van der Waals surface area contributed by atoms with Crippen molar-refractivity contribution in [1.29, 1.82) is 0 Å². The molecular formula is C17H33N3O7S9. The number of hydrogen-bond acceptors (Lipinski definition) is 18. The molecule has 0 aromatic rings. The van der Waals surface area contributed by atoms with Crippen molar-refractivity contribution in [3.8, 4) is 0 Å². The lowest BCUT2D eigenvalue weighted by atomic mass is 10.8. The molecule has 0 saturated heterocycles. The number of nitrogens with zero attached hydrogens (tertiary/aromatic N) is 2. The minimum absolute atomic E-state index is 0.0845. The number of aliphatic hydroxyl groups excluding tert-OH is 1. The number of carbonyl (C=O) groups excluding carboxylic acids is 1. The zero-order chi connectivity index (χ0) is 26.2. The number of hydrogen-bond donors (Lipinski definition) is 2. The highest BCUT2D eigenvalue weighted by Crippen LogP contribution is 2.22. The molecule has 19 heteroatoms. The van der Waals surface area contributed by atoms with Crippen LogP contribution in [0.4, 0.5) is 4.79 Å². The van der Waals surface area contributed by atoms with Crippen molar-refractivity contribution in [2.45, 2.75) is 0 Å². The summed E-state index contributed by atoms with van der Waals surface area (Å²) in [6.07, 6.45) is 4.14. The summed E-state index contributed by atoms with van der Waals surface area (Å²) in [6.45, 7) is 0.0442. The van der Waals surface area contributed by atoms with E-state index in [1.54, 1.807) is 82.3 Å². The summed E-state index contributed by atoms with van der Waals surface area (Å²) in [6, 6.07) is 0. The summed E-state index contributed by atoms with van der Waals surface area (Å²) < 4.78 is 5.15. The highest BCUT2D eigenvalue weighted by molar-refractivity contribution is 8.26. The minimum Gasteiger partial charge on any atom is -0.438 e. The van der Waals surface area contributed by atoms with Crippen LogP contribution in [0.15, 0.2) is 9.98 Å². The molecule has 0 saturated carbocycles. The van der Waals surface area contributed by atoms with Gasteiger partial charge in [-0.1, -0.05) is 0 Å². The second kappa shape index (κ2) is 34.3. The van der Waals surface area contributed by atoms with Crippen molar-refractivity contribution >= 4 is 125 Å². The summed E-state index contributed by atoms with van der Waals surface area (Å²) >= 11 is 15.4. The van der Waals surface area contributed by atoms with E-state index >= 15 is 0 Å². The van der Waals surface area contributed by atoms with Gasteiger partial charge < -0.3 is 24.9 Å². The van der Waals surface area contributed by atoms with Gasteiger partial charge in [0, 0.05) is 30.5 Å². The van der Waals surface area contributed by atoms with Crippen LogP contribution in [0.5, 0.6) is 0 Å². The van der Waals surface area contributed by atoms with Gasteiger partial charge in [0.2, 0.25) is 12.8 Å². The highest BCUT2D eigenvalue weighted by Gasteiger charge is 2.01. The molecule has 0 aromatic heterocycles. The van der Waals surface area contributed by atoms with E-state index in [4.69, 9.17) is 19.6 Å². The van der Waals surface area contributed by atoms with E-state index in [1.165, 1.54) is 12.8 Å². The van der Waals surface area contributed by atoms with Crippen molar-refractivity contribution in [2.75, 3.05) is 79.5 Å². The Morgan fingerprint density at radius 3 is 2.06 bits per heavy atom. The number of rotatable bonds is 28. The summed E-state index contributed by atoms with van der Waals surface area (Å²) in [5, 5.41) is 16.8. The molecule has 0 rings (SSSR count). The molecule has 0 aliphatic heterocycles. The van der Waals surface area contributed by atoms with Crippen LogP contribution in [-0.4, -0.2) is 103 Å². The molecule has 0 radical (unpaired) electrons. The monoisotopic (exact) mass is 679 g/mol. The molecular weight excluding hydrogens is 647 g/mol. The van der Waals surface area contributed by atoms with Crippen LogP contribution in [0.1, 0.15) is 0 Å². The lowest BCUT2D eigenvalue weighted by molar-refractivity contribution is -0.221. The Labute approximate surface area is 251 Å². The van der Waals surface area contributed by atoms with Gasteiger partial charge in [-0.2, -0.15) is 9.78 Å². The summed E-state index contributed by atoms with van der Waals surface area (Å²) in [5.74, 6) is 2.61. The van der Waals surface area contributed by atoms with Crippen LogP contribution in [0.2, 0.25) is 0 Å². The Morgan fingerprint density at radius 1 is 0.778 bits per heavy atom. The molecule has 212 valence electrons. The maximum absolute atomic E-state index is 11.7. The van der Waals surface area contributed by atoms with Gasteiger partial charge in [0.25, 0.3) is 0 Å². The van der Waals surface area contributed by atoms with Crippen molar-refractivity contribution < 1.29 is 34.2 Å². The quantitative estimate of drug-likeness (QED) is 0.0273. The van der Waals surface area contributed by atoms with Gasteiger partial charge in [0.1, 0.15) is 18.5 Å². The fourth-order valence-electron chi connectivity index (χ4n) is 1.35. The van der Waals surface area contributed by atoms with Crippen LogP contribution < -0.4 is 5.32 Å². The number of carbonyl (C=O) groups is 1. The van der Waals surface area contributed by atoms with E-state index in [9.17, 15) is 4.79 Å². The SMILES string of the molecule is CSC/N=C/OOCSCSCSCSCOC(=O)NCSCSCSCSC/N=C/OOCCO. The molecule has 0 aromatic carbocycles. The van der Waals surface area contributed by atoms with Gasteiger partial charge in [-0.3, -0.25) is 0 Å². The first-order valence-electron chi connectivity index (χ1n) is 9.96. The number of thioether (sulfide) groups is 9. The van der Waals surface area contributed by atoms with Crippen LogP contribution in [0, 0.1) is 0 Å². The topological polar surface area (TPSA) is 120 Å². The Balaban J connectivity index is 3.19. The number of aliphatic hydroxyl groups is 1. The normalized spacial score (nSPS) is 11.4. The first-order valence-corrected chi connectivity index (χ1v) is 20.6. The maximum Gasteiger partial charge on any atom is 0.408 e. The van der Waals surface area contributed by atoms with E-state index in [2.05, 4.69) is 25.1 Å². The molecule has 36 heavy (non-hydrogen) atoms. The molecule has 0 atom stereocenters. The summed E-state index contributed by atoms with van der Waals surface area (Å²) in [7, 11) is 0. The second-order valence-electron chi connectivity index (χ2n) is 5.31. The van der Waals surface area contributed by atoms with Gasteiger partial charge in [0.15, 0.2) is 0 Å². The molecule has 0 aliphatic rings. The predicted molar refractivity (Wildman–Crippen MR) is 171 cm³/mol. The van der Waals surface area contributed by atoms with Gasteiger partial charge >= 0.3 is 6.09 Å². The molecule has 0 aliphatic carbocycles. The Kier molecular flexibility index (Phi) is 35.4. The number of amides is 1. The molecule has 2 N–H and O–H groups in total. The largest absolute Gasteiger partial charge is 0.438 e. The van der Waals surface area contributed by atoms with Crippen LogP contribution in [0.25, 0.3) is 0 Å². The molecule has 0 spiro atoms. The van der Waals surface area contributed by atoms with Gasteiger partial charge in [-0.05, 0) is 6.26 Å². The zero-order valence-electron chi connectivity index (χ0n) is 19.8. The van der Waals surface area contributed by atoms with Crippen molar-refractivity contribution in [3.63, 3.8) is 0 Å². The third-order valence-corrected chi connectivity index (χ3v) is 12.3. The van der Waals surface area contributed by atoms with Crippen LogP contribution in [-0.2, 0) is 24.3 Å². The summed E-state index contributed by atoms with van der Waals surface area (Å²) in [4.78, 5) is 38.5. The van der Waals surface area contributed by atoms with E-state index in [0.29, 0.717) is 29.5 Å². The fourth-order valence-corrected chi connectivity index (χ4v) is 9.80. The molecule has 0 unspecified atom stereocenters. The predicted octanol–water partition coefficient (Wildman–Crippen LogP) is 5.42. The van der Waals surface area contributed by atoms with E-state index in [-0.39, 0.29) is 19.3 Å². The number of alkyl carbamates (subject to hydrolysis) is 1. The molecule has 1 amide bonds. The highest BCUT2D eigenvalue weighted by atomic mass is 32.3. The zero-order valence-corrected chi connectivity index (χ0v) is 27.2. The molecule has 0 heterocycles. The number of nitrogens with one attached hydrogen (secondary N) is 1. The van der Waals surface area contributed by atoms with Crippen LogP contribution in [0.3, 0.4) is 0 Å². The Bertz CT molecular complexity index is 532. The van der Waals surface area contributed by atoms with Gasteiger partial charge in [-0.15, -0.1) is 106 Å². The maximum atomic E-state index is 11.7. The third kappa shape index (κ3) is 33.3. The lowest BCUT2D eigenvalue weighted by Crippen LogP contribution is -2.23. The lowest BCUT2D eigenvalue weighted by Gasteiger charge is -2.07. The van der Waals surface area contributed by atoms with Gasteiger partial charge in [0.05, 0.1) is 24.2 Å². The van der Waals surface area contributed by atoms with Crippen molar-refractivity contribution in [1.82, 2.24) is 5.32 Å². The second-order valence-corrected chi connectivity index (χ2v) is 16.1. The minimum atomic E-state index is -0.381. The first-order chi connectivity index (χ1) is 17.8. The van der Waals surface area contributed by atoms with E-state index < -0.39 is 0 Å². The van der Waals surface area contributed by atoms with E-state index in [0.717, 1.165) is 30.5 Å². The average molecular weight is 680 g/mol. The Morgan fingerprint density at radius 2 is 1.36 bits per heavy atom. The standard InChI is InChI=1S/C17H33N3O7S9/c1-28-6-18-4-26-27-10-32-14-36-16-35-13-31-9-23-17(22)20-8-30-12-34-15-33-11-29-7-19-5-25-24-3-2-21/h4-5,21H,2-3,6-16H2,1H3,(H,20,22)/b18-4+,19-5+. The average Bonchev–Trinajstić information content (AvgIpc) is 2.88. The Hall–Kier alpha value is 1.24. The molecule has 0 fully saturated rings. The smallest absolute Gasteiger partial charge is 0.408 e. The fraction of sp³-hybridized carbons (Fsp3) is 0.824. The van der Waals surface area contributed by atoms with E-state index in [1.807, 2.05) is 29.8 Å². The summed E-state index contributed by atoms with van der Waals surface area (Å²) in [5.41, 5.74) is 0. The van der Waals surface area contributed by atoms with Crippen molar-refractivity contribution in [3.05, 3.63) is 0 Å². The number of aliphatic imine (C=N–C) groups is 2. The molecule has 0 bridgehead atoms. The number of ether oxygens (including phenoxy) is 1. The molecule has 10 nitrogen and oxygen atoms in total. The van der Waals surface area contributed by atoms with Gasteiger partial charge in [-0.25, -0.2) is 14.8 Å². The van der Waals surface area contributed by atoms with Crippen LogP contribution >= 0.6 is 106 Å². The van der Waals surface area contributed by atoms with Crippen molar-refractivity contribution in [2.24, 2.45) is 9.98 Å². The third-order valence-electron chi connectivity index (χ3n) is 2.64. The first kappa shape index (κ1) is 37.2.